The molecule has 2 heterocycles. The second-order valence-corrected chi connectivity index (χ2v) is 3.87. The molecule has 4 nitrogen and oxygen atoms in total. The predicted molar refractivity (Wildman–Crippen MR) is 55.4 cm³/mol. The molecule has 1 N–H and O–H groups in total. The second kappa shape index (κ2) is 3.34. The monoisotopic (exact) mass is 207 g/mol. The van der Waals surface area contributed by atoms with E-state index >= 15 is 0 Å². The number of hydrogen-bond donors (Lipinski definition) is 1. The van der Waals surface area contributed by atoms with E-state index in [4.69, 9.17) is 0 Å². The number of nitrogens with one attached hydrogen (secondary N) is 1. The molecule has 0 saturated heterocycles. The van der Waals surface area contributed by atoms with Gasteiger partial charge in [-0.2, -0.15) is 4.37 Å². The van der Waals surface area contributed by atoms with Gasteiger partial charge in [-0.25, -0.2) is 4.98 Å². The first-order valence-corrected chi connectivity index (χ1v) is 4.94. The van der Waals surface area contributed by atoms with Gasteiger partial charge in [-0.3, -0.25) is 4.79 Å². The van der Waals surface area contributed by atoms with Crippen molar-refractivity contribution in [1.82, 2.24) is 14.3 Å². The highest BCUT2D eigenvalue weighted by molar-refractivity contribution is 7.09. The number of aromatic amines is 1. The molecular formula is C9H9N3OS. The Morgan fingerprint density at radius 3 is 2.64 bits per heavy atom. The molecule has 0 radical (unpaired) electrons. The topological polar surface area (TPSA) is 58.6 Å². The Hall–Kier alpha value is -1.49. The normalized spacial score (nSPS) is 10.4. The summed E-state index contributed by atoms with van der Waals surface area (Å²) in [6, 6.07) is 3.37. The summed E-state index contributed by atoms with van der Waals surface area (Å²) < 4.78 is 4.13. The number of rotatable bonds is 1. The summed E-state index contributed by atoms with van der Waals surface area (Å²) in [4.78, 5) is 19.0. The largest absolute Gasteiger partial charge is 0.306 e. The molecule has 0 aromatic carbocycles. The van der Waals surface area contributed by atoms with Crippen LogP contribution in [0.1, 0.15) is 11.4 Å². The van der Waals surface area contributed by atoms with Gasteiger partial charge in [0.25, 0.3) is 5.56 Å². The number of aromatic nitrogens is 3. The Bertz CT molecular complexity index is 515. The summed E-state index contributed by atoms with van der Waals surface area (Å²) in [6.45, 7) is 3.71. The maximum atomic E-state index is 11.2. The first kappa shape index (κ1) is 9.08. The molecule has 5 heteroatoms. The van der Waals surface area contributed by atoms with Gasteiger partial charge in [0.1, 0.15) is 0 Å². The third-order valence-corrected chi connectivity index (χ3v) is 2.62. The van der Waals surface area contributed by atoms with Gasteiger partial charge in [0.2, 0.25) is 0 Å². The Balaban J connectivity index is 2.56. The molecule has 72 valence electrons. The van der Waals surface area contributed by atoms with Gasteiger partial charge >= 0.3 is 0 Å². The quantitative estimate of drug-likeness (QED) is 0.771. The molecule has 0 fully saturated rings. The van der Waals surface area contributed by atoms with Crippen LogP contribution in [-0.2, 0) is 0 Å². The lowest BCUT2D eigenvalue weighted by Gasteiger charge is -1.96. The first-order chi connectivity index (χ1) is 6.65. The molecule has 0 bridgehead atoms. The maximum absolute atomic E-state index is 11.2. The van der Waals surface area contributed by atoms with Gasteiger partial charge < -0.3 is 4.98 Å². The van der Waals surface area contributed by atoms with Crippen molar-refractivity contribution in [2.75, 3.05) is 0 Å². The van der Waals surface area contributed by atoms with Gasteiger partial charge in [0.05, 0.1) is 10.6 Å². The van der Waals surface area contributed by atoms with Gasteiger partial charge in [0, 0.05) is 11.8 Å². The highest BCUT2D eigenvalue weighted by atomic mass is 32.1. The summed E-state index contributed by atoms with van der Waals surface area (Å²) in [5.41, 5.74) is 1.53. The van der Waals surface area contributed by atoms with Crippen molar-refractivity contribution < 1.29 is 0 Å². The van der Waals surface area contributed by atoms with E-state index < -0.39 is 0 Å². The zero-order chi connectivity index (χ0) is 10.1. The van der Waals surface area contributed by atoms with Crippen molar-refractivity contribution in [1.29, 1.82) is 0 Å². The van der Waals surface area contributed by atoms with Gasteiger partial charge in [-0.1, -0.05) is 0 Å². The van der Waals surface area contributed by atoms with Crippen LogP contribution in [0, 0.1) is 13.8 Å². The van der Waals surface area contributed by atoms with Crippen LogP contribution in [0.4, 0.5) is 0 Å². The highest BCUT2D eigenvalue weighted by Crippen LogP contribution is 2.19. The lowest BCUT2D eigenvalue weighted by molar-refractivity contribution is 1.08. The van der Waals surface area contributed by atoms with E-state index in [0.717, 1.165) is 16.3 Å². The summed E-state index contributed by atoms with van der Waals surface area (Å²) in [7, 11) is 0. The summed E-state index contributed by atoms with van der Waals surface area (Å²) in [5.74, 6) is 0.598. The van der Waals surface area contributed by atoms with Crippen LogP contribution >= 0.6 is 11.5 Å². The Morgan fingerprint density at radius 1 is 1.29 bits per heavy atom. The van der Waals surface area contributed by atoms with Gasteiger partial charge in [0.15, 0.2) is 5.82 Å². The average molecular weight is 207 g/mol. The van der Waals surface area contributed by atoms with Crippen LogP contribution in [0.5, 0.6) is 0 Å². The number of aryl methyl sites for hydroxylation is 2. The number of hydrogen-bond acceptors (Lipinski definition) is 4. The molecule has 2 rings (SSSR count). The molecule has 14 heavy (non-hydrogen) atoms. The Morgan fingerprint density at radius 2 is 2.07 bits per heavy atom. The molecule has 0 amide bonds. The Labute approximate surface area is 84.8 Å². The third kappa shape index (κ3) is 1.72. The Kier molecular flexibility index (Phi) is 2.17. The van der Waals surface area contributed by atoms with Gasteiger partial charge in [-0.05, 0) is 31.4 Å². The van der Waals surface area contributed by atoms with Crippen molar-refractivity contribution in [3.8, 4) is 10.7 Å². The van der Waals surface area contributed by atoms with Crippen LogP contribution in [0.25, 0.3) is 10.7 Å². The molecule has 0 spiro atoms. The molecule has 0 aliphatic heterocycles. The van der Waals surface area contributed by atoms with Crippen molar-refractivity contribution in [3.63, 3.8) is 0 Å². The molecule has 0 aliphatic carbocycles. The van der Waals surface area contributed by atoms with E-state index in [1.165, 1.54) is 17.6 Å². The molecule has 0 unspecified atom stereocenters. The van der Waals surface area contributed by atoms with Crippen molar-refractivity contribution in [3.05, 3.63) is 33.9 Å². The van der Waals surface area contributed by atoms with Crippen LogP contribution in [0.15, 0.2) is 16.9 Å². The van der Waals surface area contributed by atoms with E-state index in [-0.39, 0.29) is 5.56 Å². The first-order valence-electron chi connectivity index (χ1n) is 4.17. The van der Waals surface area contributed by atoms with Crippen molar-refractivity contribution in [2.24, 2.45) is 0 Å². The van der Waals surface area contributed by atoms with E-state index in [1.807, 2.05) is 13.0 Å². The van der Waals surface area contributed by atoms with E-state index in [1.54, 1.807) is 6.92 Å². The molecular weight excluding hydrogens is 198 g/mol. The minimum atomic E-state index is -0.126. The fourth-order valence-corrected chi connectivity index (χ4v) is 1.87. The smallest absolute Gasteiger partial charge is 0.251 e. The third-order valence-electron chi connectivity index (χ3n) is 1.73. The van der Waals surface area contributed by atoms with Crippen molar-refractivity contribution in [2.45, 2.75) is 13.8 Å². The minimum Gasteiger partial charge on any atom is -0.306 e. The zero-order valence-electron chi connectivity index (χ0n) is 7.87. The highest BCUT2D eigenvalue weighted by Gasteiger charge is 2.04. The zero-order valence-corrected chi connectivity index (χ0v) is 8.68. The van der Waals surface area contributed by atoms with Crippen LogP contribution in [0.3, 0.4) is 0 Å². The van der Waals surface area contributed by atoms with Crippen LogP contribution < -0.4 is 5.56 Å². The molecule has 2 aromatic heterocycles. The van der Waals surface area contributed by atoms with Crippen LogP contribution in [-0.4, -0.2) is 14.3 Å². The number of H-pyrrole nitrogens is 1. The van der Waals surface area contributed by atoms with E-state index in [9.17, 15) is 4.79 Å². The fourth-order valence-electron chi connectivity index (χ4n) is 1.17. The predicted octanol–water partition coefficient (Wildman–Crippen LogP) is 1.51. The average Bonchev–Trinajstić information content (AvgIpc) is 2.50. The molecule has 0 saturated carbocycles. The maximum Gasteiger partial charge on any atom is 0.251 e. The summed E-state index contributed by atoms with van der Waals surface area (Å²) >= 11 is 1.34. The summed E-state index contributed by atoms with van der Waals surface area (Å²) in [5, 5.41) is 0. The van der Waals surface area contributed by atoms with Crippen molar-refractivity contribution >= 4 is 11.5 Å². The summed E-state index contributed by atoms with van der Waals surface area (Å²) in [6.07, 6.45) is 0. The molecule has 0 atom stereocenters. The van der Waals surface area contributed by atoms with Gasteiger partial charge in [-0.15, -0.1) is 0 Å². The SMILES string of the molecule is Cc1cc(-c2nc(C)cc(=O)[nH]2)sn1. The standard InChI is InChI=1S/C9H9N3OS/c1-5-4-8(13)11-9(10-5)7-3-6(2)12-14-7/h3-4H,1-2H3,(H,10,11,13). The molecule has 2 aromatic rings. The van der Waals surface area contributed by atoms with Crippen LogP contribution in [0.2, 0.25) is 0 Å². The molecule has 0 aliphatic rings. The second-order valence-electron chi connectivity index (χ2n) is 3.07. The van der Waals surface area contributed by atoms with E-state index in [2.05, 4.69) is 14.3 Å². The van der Waals surface area contributed by atoms with E-state index in [0.29, 0.717) is 5.82 Å². The fraction of sp³-hybridized carbons (Fsp3) is 0.222. The number of nitrogens with zero attached hydrogens (tertiary/aromatic N) is 2. The lowest BCUT2D eigenvalue weighted by Crippen LogP contribution is -2.07. The lowest BCUT2D eigenvalue weighted by atomic mass is 10.3. The minimum absolute atomic E-state index is 0.126.